The molecule has 0 bridgehead atoms. The van der Waals surface area contributed by atoms with Gasteiger partial charge in [0.15, 0.2) is 0 Å². The Morgan fingerprint density at radius 1 is 1.25 bits per heavy atom. The van der Waals surface area contributed by atoms with Gasteiger partial charge in [0.05, 0.1) is 4.90 Å². The SMILES string of the molecule is C=Cc1ccc(S(=O)(=O)S)cc1. The van der Waals surface area contributed by atoms with Crippen LogP contribution in [0.4, 0.5) is 0 Å². The zero-order valence-corrected chi connectivity index (χ0v) is 7.98. The highest BCUT2D eigenvalue weighted by Crippen LogP contribution is 2.14. The lowest BCUT2D eigenvalue weighted by Gasteiger charge is -1.96. The minimum Gasteiger partial charge on any atom is -0.212 e. The van der Waals surface area contributed by atoms with E-state index in [0.717, 1.165) is 5.56 Å². The molecule has 0 aliphatic rings. The van der Waals surface area contributed by atoms with E-state index >= 15 is 0 Å². The minimum atomic E-state index is -3.37. The molecule has 0 aromatic heterocycles. The molecule has 0 radical (unpaired) electrons. The van der Waals surface area contributed by atoms with E-state index in [1.54, 1.807) is 18.2 Å². The zero-order chi connectivity index (χ0) is 9.19. The molecule has 64 valence electrons. The first kappa shape index (κ1) is 9.35. The van der Waals surface area contributed by atoms with Gasteiger partial charge in [0.1, 0.15) is 0 Å². The highest BCUT2D eigenvalue weighted by atomic mass is 33.1. The third-order valence-corrected chi connectivity index (χ3v) is 2.91. The van der Waals surface area contributed by atoms with Crippen LogP contribution in [0.3, 0.4) is 0 Å². The highest BCUT2D eigenvalue weighted by Gasteiger charge is 2.05. The second-order valence-electron chi connectivity index (χ2n) is 2.25. The molecule has 0 heterocycles. The number of hydrogen-bond donors (Lipinski definition) is 1. The molecule has 0 atom stereocenters. The predicted octanol–water partition coefficient (Wildman–Crippen LogP) is 1.95. The van der Waals surface area contributed by atoms with Crippen LogP contribution in [0.2, 0.25) is 0 Å². The van der Waals surface area contributed by atoms with E-state index in [0.29, 0.717) is 0 Å². The average molecular weight is 200 g/mol. The smallest absolute Gasteiger partial charge is 0.212 e. The van der Waals surface area contributed by atoms with Gasteiger partial charge < -0.3 is 0 Å². The fraction of sp³-hybridized carbons (Fsp3) is 0. The van der Waals surface area contributed by atoms with E-state index in [-0.39, 0.29) is 4.90 Å². The van der Waals surface area contributed by atoms with Crippen LogP contribution in [0, 0.1) is 0 Å². The van der Waals surface area contributed by atoms with Crippen molar-refractivity contribution in [2.24, 2.45) is 0 Å². The van der Waals surface area contributed by atoms with Crippen LogP contribution in [-0.2, 0) is 8.87 Å². The molecular weight excluding hydrogens is 192 g/mol. The van der Waals surface area contributed by atoms with Gasteiger partial charge in [0.25, 0.3) is 0 Å². The lowest BCUT2D eigenvalue weighted by molar-refractivity contribution is 0.611. The zero-order valence-electron chi connectivity index (χ0n) is 6.27. The first-order chi connectivity index (χ1) is 5.54. The van der Waals surface area contributed by atoms with E-state index in [1.165, 1.54) is 12.1 Å². The van der Waals surface area contributed by atoms with Gasteiger partial charge >= 0.3 is 0 Å². The molecular formula is C8H8O2S2. The molecule has 1 aromatic carbocycles. The van der Waals surface area contributed by atoms with Crippen molar-refractivity contribution in [1.82, 2.24) is 0 Å². The first-order valence-electron chi connectivity index (χ1n) is 3.24. The van der Waals surface area contributed by atoms with Crippen LogP contribution in [0.25, 0.3) is 6.08 Å². The molecule has 1 rings (SSSR count). The summed E-state index contributed by atoms with van der Waals surface area (Å²) in [7, 11) is -3.37. The Labute approximate surface area is 76.7 Å². The molecule has 1 aromatic rings. The van der Waals surface area contributed by atoms with Crippen LogP contribution in [-0.4, -0.2) is 8.42 Å². The van der Waals surface area contributed by atoms with Crippen molar-refractivity contribution < 1.29 is 8.42 Å². The Hall–Kier alpha value is -0.740. The maximum absolute atomic E-state index is 10.9. The largest absolute Gasteiger partial charge is 0.227 e. The van der Waals surface area contributed by atoms with Gasteiger partial charge in [-0.2, -0.15) is 0 Å². The Morgan fingerprint density at radius 3 is 2.08 bits per heavy atom. The van der Waals surface area contributed by atoms with Gasteiger partial charge in [-0.25, -0.2) is 8.42 Å². The molecule has 12 heavy (non-hydrogen) atoms. The van der Waals surface area contributed by atoms with E-state index < -0.39 is 8.87 Å². The number of thiol groups is 1. The summed E-state index contributed by atoms with van der Waals surface area (Å²) < 4.78 is 21.7. The Bertz CT molecular complexity index is 376. The van der Waals surface area contributed by atoms with Crippen molar-refractivity contribution in [1.29, 1.82) is 0 Å². The molecule has 0 saturated carbocycles. The quantitative estimate of drug-likeness (QED) is 0.585. The summed E-state index contributed by atoms with van der Waals surface area (Å²) >= 11 is 3.45. The van der Waals surface area contributed by atoms with Gasteiger partial charge in [0, 0.05) is 0 Å². The topological polar surface area (TPSA) is 34.1 Å². The summed E-state index contributed by atoms with van der Waals surface area (Å²) in [6.07, 6.45) is 1.65. The summed E-state index contributed by atoms with van der Waals surface area (Å²) in [4.78, 5) is 0.205. The molecule has 0 spiro atoms. The summed E-state index contributed by atoms with van der Waals surface area (Å²) in [5.74, 6) is 0. The number of hydrogen-bond acceptors (Lipinski definition) is 2. The Balaban J connectivity index is 3.17. The van der Waals surface area contributed by atoms with Gasteiger partial charge in [-0.1, -0.05) is 24.8 Å². The second-order valence-corrected chi connectivity index (χ2v) is 5.11. The van der Waals surface area contributed by atoms with Gasteiger partial charge in [-0.15, -0.1) is 0 Å². The maximum Gasteiger partial charge on any atom is 0.227 e. The summed E-state index contributed by atoms with van der Waals surface area (Å²) in [6.45, 7) is 3.55. The monoisotopic (exact) mass is 200 g/mol. The van der Waals surface area contributed by atoms with Crippen molar-refractivity contribution in [3.8, 4) is 0 Å². The molecule has 0 unspecified atom stereocenters. The Kier molecular flexibility index (Phi) is 2.59. The van der Waals surface area contributed by atoms with Crippen molar-refractivity contribution in [2.75, 3.05) is 0 Å². The molecule has 0 saturated heterocycles. The number of rotatable bonds is 2. The van der Waals surface area contributed by atoms with Gasteiger partial charge in [-0.3, -0.25) is 0 Å². The Morgan fingerprint density at radius 2 is 1.75 bits per heavy atom. The lowest BCUT2D eigenvalue weighted by Crippen LogP contribution is -1.89. The number of benzene rings is 1. The highest BCUT2D eigenvalue weighted by molar-refractivity contribution is 8.63. The van der Waals surface area contributed by atoms with E-state index in [4.69, 9.17) is 0 Å². The van der Waals surface area contributed by atoms with Crippen molar-refractivity contribution in [3.05, 3.63) is 36.4 Å². The van der Waals surface area contributed by atoms with Crippen LogP contribution >= 0.6 is 11.7 Å². The average Bonchev–Trinajstić information content (AvgIpc) is 2.03. The van der Waals surface area contributed by atoms with Gasteiger partial charge in [0.2, 0.25) is 8.87 Å². The van der Waals surface area contributed by atoms with Crippen LogP contribution in [0.5, 0.6) is 0 Å². The summed E-state index contributed by atoms with van der Waals surface area (Å²) in [5.41, 5.74) is 0.885. The van der Waals surface area contributed by atoms with Crippen molar-refractivity contribution in [2.45, 2.75) is 4.90 Å². The van der Waals surface area contributed by atoms with Crippen LogP contribution in [0.15, 0.2) is 35.7 Å². The summed E-state index contributed by atoms with van der Waals surface area (Å²) in [6, 6.07) is 6.35. The first-order valence-corrected chi connectivity index (χ1v) is 5.77. The molecule has 0 N–H and O–H groups in total. The van der Waals surface area contributed by atoms with E-state index in [2.05, 4.69) is 18.2 Å². The van der Waals surface area contributed by atoms with Crippen molar-refractivity contribution in [3.63, 3.8) is 0 Å². The normalized spacial score (nSPS) is 11.1. The fourth-order valence-corrected chi connectivity index (χ4v) is 1.62. The third-order valence-electron chi connectivity index (χ3n) is 1.41. The van der Waals surface area contributed by atoms with E-state index in [9.17, 15) is 8.42 Å². The van der Waals surface area contributed by atoms with Gasteiger partial charge in [-0.05, 0) is 29.4 Å². The molecule has 0 aliphatic carbocycles. The van der Waals surface area contributed by atoms with Crippen LogP contribution < -0.4 is 0 Å². The second kappa shape index (κ2) is 3.33. The van der Waals surface area contributed by atoms with E-state index in [1.807, 2.05) is 0 Å². The molecule has 0 amide bonds. The standard InChI is InChI=1S/C8H8O2S2/c1-2-7-3-5-8(6-4-7)12(9,10)11/h2-6H,1H2,(H,9,10,11). The molecule has 4 heteroatoms. The predicted molar refractivity (Wildman–Crippen MR) is 52.7 cm³/mol. The fourth-order valence-electron chi connectivity index (χ4n) is 0.776. The minimum absolute atomic E-state index is 0.205. The third kappa shape index (κ3) is 2.12. The lowest BCUT2D eigenvalue weighted by atomic mass is 10.2. The molecule has 0 fully saturated rings. The summed E-state index contributed by atoms with van der Waals surface area (Å²) in [5, 5.41) is 0. The van der Waals surface area contributed by atoms with Crippen molar-refractivity contribution >= 4 is 26.6 Å². The maximum atomic E-state index is 10.9. The molecule has 2 nitrogen and oxygen atoms in total. The molecule has 0 aliphatic heterocycles. The van der Waals surface area contributed by atoms with Crippen LogP contribution in [0.1, 0.15) is 5.56 Å².